The summed E-state index contributed by atoms with van der Waals surface area (Å²) in [6, 6.07) is 0. The van der Waals surface area contributed by atoms with Crippen molar-refractivity contribution in [3.05, 3.63) is 14.2 Å². The fraction of sp³-hybridized carbons (Fsp3) is 0.167. The zero-order valence-corrected chi connectivity index (χ0v) is 9.51. The van der Waals surface area contributed by atoms with E-state index in [1.165, 1.54) is 0 Å². The molecule has 2 N–H and O–H groups in total. The Morgan fingerprint density at radius 2 is 2.36 bits per heavy atom. The van der Waals surface area contributed by atoms with Crippen LogP contribution in [0, 0.1) is 3.57 Å². The lowest BCUT2D eigenvalue weighted by Gasteiger charge is -2.05. The first-order chi connectivity index (χ1) is 5.16. The number of pyridine rings is 1. The lowest BCUT2D eigenvalue weighted by molar-refractivity contribution is 0.400. The minimum atomic E-state index is 0.470. The number of anilines is 1. The van der Waals surface area contributed by atoms with Crippen LogP contribution in [0.1, 0.15) is 0 Å². The van der Waals surface area contributed by atoms with Gasteiger partial charge in [0.2, 0.25) is 5.88 Å². The average Bonchev–Trinajstić information content (AvgIpc) is 2.01. The van der Waals surface area contributed by atoms with Gasteiger partial charge in [-0.05, 0) is 38.5 Å². The molecule has 0 unspecified atom stereocenters. The first kappa shape index (κ1) is 9.05. The van der Waals surface area contributed by atoms with Gasteiger partial charge in [0, 0.05) is 6.20 Å². The second kappa shape index (κ2) is 3.57. The summed E-state index contributed by atoms with van der Waals surface area (Å²) in [5, 5.41) is 0. The standard InChI is InChI=1S/C6H6BrIN2O/c1-11-6-5(9)4(8)3(7)2-10-6/h2H,9H2,1H3. The smallest absolute Gasteiger partial charge is 0.238 e. The van der Waals surface area contributed by atoms with Crippen LogP contribution in [-0.4, -0.2) is 12.1 Å². The van der Waals surface area contributed by atoms with Crippen molar-refractivity contribution in [2.75, 3.05) is 12.8 Å². The molecule has 3 nitrogen and oxygen atoms in total. The van der Waals surface area contributed by atoms with E-state index in [1.807, 2.05) is 0 Å². The van der Waals surface area contributed by atoms with Gasteiger partial charge in [-0.1, -0.05) is 0 Å². The molecule has 1 aromatic heterocycles. The van der Waals surface area contributed by atoms with Crippen molar-refractivity contribution in [2.24, 2.45) is 0 Å². The minimum absolute atomic E-state index is 0.470. The molecule has 0 aromatic carbocycles. The second-order valence-electron chi connectivity index (χ2n) is 1.84. The molecule has 11 heavy (non-hydrogen) atoms. The van der Waals surface area contributed by atoms with Gasteiger partial charge in [0.15, 0.2) is 0 Å². The highest BCUT2D eigenvalue weighted by molar-refractivity contribution is 14.1. The molecule has 1 aromatic rings. The van der Waals surface area contributed by atoms with E-state index in [0.29, 0.717) is 11.6 Å². The van der Waals surface area contributed by atoms with Gasteiger partial charge in [0.1, 0.15) is 5.69 Å². The van der Waals surface area contributed by atoms with E-state index in [2.05, 4.69) is 43.5 Å². The van der Waals surface area contributed by atoms with Gasteiger partial charge in [-0.15, -0.1) is 0 Å². The Balaban J connectivity index is 3.25. The number of halogens is 2. The number of methoxy groups -OCH3 is 1. The first-order valence-corrected chi connectivity index (χ1v) is 4.67. The number of aromatic nitrogens is 1. The van der Waals surface area contributed by atoms with E-state index in [1.54, 1.807) is 13.3 Å². The molecule has 0 radical (unpaired) electrons. The Morgan fingerprint density at radius 3 is 2.91 bits per heavy atom. The molecule has 0 amide bonds. The third-order valence-corrected chi connectivity index (χ3v) is 3.67. The first-order valence-electron chi connectivity index (χ1n) is 2.80. The van der Waals surface area contributed by atoms with Gasteiger partial charge in [-0.3, -0.25) is 0 Å². The van der Waals surface area contributed by atoms with Gasteiger partial charge >= 0.3 is 0 Å². The fourth-order valence-corrected chi connectivity index (χ4v) is 1.31. The zero-order chi connectivity index (χ0) is 8.43. The largest absolute Gasteiger partial charge is 0.480 e. The maximum Gasteiger partial charge on any atom is 0.238 e. The number of rotatable bonds is 1. The third kappa shape index (κ3) is 1.76. The molecular formula is C6H6BrIN2O. The van der Waals surface area contributed by atoms with Crippen LogP contribution in [0.2, 0.25) is 0 Å². The Kier molecular flexibility index (Phi) is 2.94. The zero-order valence-electron chi connectivity index (χ0n) is 5.77. The van der Waals surface area contributed by atoms with Crippen molar-refractivity contribution in [1.82, 2.24) is 4.98 Å². The summed E-state index contributed by atoms with van der Waals surface area (Å²) in [6.45, 7) is 0. The molecule has 0 saturated carbocycles. The topological polar surface area (TPSA) is 48.1 Å². The summed E-state index contributed by atoms with van der Waals surface area (Å²) < 4.78 is 6.73. The summed E-state index contributed by atoms with van der Waals surface area (Å²) in [7, 11) is 1.54. The molecule has 0 aliphatic heterocycles. The monoisotopic (exact) mass is 328 g/mol. The van der Waals surface area contributed by atoms with Crippen molar-refractivity contribution in [3.63, 3.8) is 0 Å². The van der Waals surface area contributed by atoms with Crippen LogP contribution in [-0.2, 0) is 0 Å². The van der Waals surface area contributed by atoms with E-state index >= 15 is 0 Å². The van der Waals surface area contributed by atoms with Gasteiger partial charge in [0.25, 0.3) is 0 Å². The van der Waals surface area contributed by atoms with E-state index < -0.39 is 0 Å². The molecule has 1 heterocycles. The quantitative estimate of drug-likeness (QED) is 0.803. The van der Waals surface area contributed by atoms with Crippen LogP contribution in [0.4, 0.5) is 5.69 Å². The van der Waals surface area contributed by atoms with Crippen LogP contribution < -0.4 is 10.5 Å². The van der Waals surface area contributed by atoms with Crippen LogP contribution in [0.5, 0.6) is 5.88 Å². The number of nitrogens with zero attached hydrogens (tertiary/aromatic N) is 1. The molecule has 0 aliphatic rings. The van der Waals surface area contributed by atoms with Crippen LogP contribution in [0.25, 0.3) is 0 Å². The van der Waals surface area contributed by atoms with Crippen LogP contribution in [0.15, 0.2) is 10.7 Å². The van der Waals surface area contributed by atoms with Gasteiger partial charge in [-0.2, -0.15) is 0 Å². The number of hydrogen-bond donors (Lipinski definition) is 1. The highest BCUT2D eigenvalue weighted by Gasteiger charge is 2.07. The van der Waals surface area contributed by atoms with Gasteiger partial charge in [-0.25, -0.2) is 4.98 Å². The third-order valence-electron chi connectivity index (χ3n) is 1.17. The van der Waals surface area contributed by atoms with Crippen molar-refractivity contribution in [3.8, 4) is 5.88 Å². The van der Waals surface area contributed by atoms with E-state index in [4.69, 9.17) is 10.5 Å². The minimum Gasteiger partial charge on any atom is -0.480 e. The lowest BCUT2D eigenvalue weighted by atomic mass is 10.4. The van der Waals surface area contributed by atoms with E-state index in [0.717, 1.165) is 8.04 Å². The predicted octanol–water partition coefficient (Wildman–Crippen LogP) is 2.04. The van der Waals surface area contributed by atoms with Crippen molar-refractivity contribution in [1.29, 1.82) is 0 Å². The fourth-order valence-electron chi connectivity index (χ4n) is 0.627. The average molecular weight is 329 g/mol. The van der Waals surface area contributed by atoms with Crippen molar-refractivity contribution >= 4 is 44.2 Å². The summed E-state index contributed by atoms with van der Waals surface area (Å²) in [5.74, 6) is 0.470. The van der Waals surface area contributed by atoms with E-state index in [-0.39, 0.29) is 0 Å². The van der Waals surface area contributed by atoms with Crippen molar-refractivity contribution < 1.29 is 4.74 Å². The molecule has 0 aliphatic carbocycles. The van der Waals surface area contributed by atoms with Crippen LogP contribution >= 0.6 is 38.5 Å². The number of hydrogen-bond acceptors (Lipinski definition) is 3. The Bertz CT molecular complexity index is 280. The number of nitrogen functional groups attached to an aromatic ring is 1. The predicted molar refractivity (Wildman–Crippen MR) is 55.6 cm³/mol. The highest BCUT2D eigenvalue weighted by Crippen LogP contribution is 2.29. The maximum absolute atomic E-state index is 5.67. The Labute approximate surface area is 86.6 Å². The van der Waals surface area contributed by atoms with Crippen molar-refractivity contribution in [2.45, 2.75) is 0 Å². The molecule has 0 atom stereocenters. The summed E-state index contributed by atoms with van der Waals surface area (Å²) in [4.78, 5) is 3.96. The molecule has 0 fully saturated rings. The SMILES string of the molecule is COc1ncc(Br)c(I)c1N. The molecular weight excluding hydrogens is 323 g/mol. The van der Waals surface area contributed by atoms with Gasteiger partial charge < -0.3 is 10.5 Å². The van der Waals surface area contributed by atoms with Crippen LogP contribution in [0.3, 0.4) is 0 Å². The summed E-state index contributed by atoms with van der Waals surface area (Å²) in [5.41, 5.74) is 6.24. The Morgan fingerprint density at radius 1 is 1.73 bits per heavy atom. The molecule has 0 spiro atoms. The molecule has 1 rings (SSSR count). The Hall–Kier alpha value is -0.0400. The van der Waals surface area contributed by atoms with Gasteiger partial charge in [0.05, 0.1) is 15.2 Å². The highest BCUT2D eigenvalue weighted by atomic mass is 127. The normalized spacial score (nSPS) is 9.73. The van der Waals surface area contributed by atoms with E-state index in [9.17, 15) is 0 Å². The molecule has 0 saturated heterocycles. The number of ether oxygens (including phenoxy) is 1. The number of nitrogens with two attached hydrogens (primary N) is 1. The summed E-state index contributed by atoms with van der Waals surface area (Å²) >= 11 is 5.43. The maximum atomic E-state index is 5.67. The second-order valence-corrected chi connectivity index (χ2v) is 3.78. The molecule has 0 bridgehead atoms. The summed E-state index contributed by atoms with van der Waals surface area (Å²) in [6.07, 6.45) is 1.66. The molecule has 5 heteroatoms. The lowest BCUT2D eigenvalue weighted by Crippen LogP contribution is -1.98. The molecule has 60 valence electrons.